The van der Waals surface area contributed by atoms with E-state index in [0.717, 1.165) is 36.3 Å². The first-order chi connectivity index (χ1) is 15.0. The summed E-state index contributed by atoms with van der Waals surface area (Å²) in [6.45, 7) is 7.11. The predicted octanol–water partition coefficient (Wildman–Crippen LogP) is 4.15. The Kier molecular flexibility index (Phi) is 8.24. The zero-order valence-electron chi connectivity index (χ0n) is 17.8. The van der Waals surface area contributed by atoms with E-state index in [1.807, 2.05) is 30.3 Å². The second-order valence-electron chi connectivity index (χ2n) is 6.60. The molecule has 1 amide bonds. The van der Waals surface area contributed by atoms with Crippen LogP contribution in [0.3, 0.4) is 0 Å². The summed E-state index contributed by atoms with van der Waals surface area (Å²) in [4.78, 5) is 13.9. The van der Waals surface area contributed by atoms with Gasteiger partial charge in [-0.1, -0.05) is 13.3 Å². The van der Waals surface area contributed by atoms with Gasteiger partial charge in [-0.15, -0.1) is 10.2 Å². The van der Waals surface area contributed by atoms with Gasteiger partial charge in [-0.2, -0.15) is 20.9 Å². The summed E-state index contributed by atoms with van der Waals surface area (Å²) in [5, 5.41) is 42.5. The van der Waals surface area contributed by atoms with Crippen LogP contribution in [0.2, 0.25) is 0 Å². The van der Waals surface area contributed by atoms with Crippen molar-refractivity contribution in [3.05, 3.63) is 29.5 Å². The van der Waals surface area contributed by atoms with Crippen LogP contribution in [0.1, 0.15) is 44.9 Å². The summed E-state index contributed by atoms with van der Waals surface area (Å²) in [7, 11) is 0. The van der Waals surface area contributed by atoms with Gasteiger partial charge >= 0.3 is 0 Å². The lowest BCUT2D eigenvalue weighted by molar-refractivity contribution is -0.114. The highest BCUT2D eigenvalue weighted by molar-refractivity contribution is 5.93. The maximum atomic E-state index is 11.7. The summed E-state index contributed by atoms with van der Waals surface area (Å²) in [6.07, 6.45) is 2.12. The van der Waals surface area contributed by atoms with Crippen LogP contribution in [0.5, 0.6) is 0 Å². The Morgan fingerprint density at radius 2 is 2.00 bits per heavy atom. The molecule has 0 bridgehead atoms. The lowest BCUT2D eigenvalue weighted by atomic mass is 10.2. The minimum atomic E-state index is -0.260. The first-order valence-electron chi connectivity index (χ1n) is 9.85. The van der Waals surface area contributed by atoms with E-state index in [0.29, 0.717) is 11.4 Å². The zero-order chi connectivity index (χ0) is 22.8. The van der Waals surface area contributed by atoms with Crippen LogP contribution >= 0.6 is 0 Å². The van der Waals surface area contributed by atoms with Crippen molar-refractivity contribution in [3.63, 3.8) is 0 Å². The molecule has 1 heterocycles. The van der Waals surface area contributed by atoms with Crippen LogP contribution in [0.15, 0.2) is 28.4 Å². The van der Waals surface area contributed by atoms with Crippen LogP contribution < -0.4 is 10.2 Å². The molecule has 2 aromatic rings. The van der Waals surface area contributed by atoms with Crippen LogP contribution in [-0.2, 0) is 11.3 Å². The van der Waals surface area contributed by atoms with Gasteiger partial charge in [-0.05, 0) is 31.5 Å². The number of nitriles is 3. The van der Waals surface area contributed by atoms with Gasteiger partial charge in [0.05, 0.1) is 11.8 Å². The summed E-state index contributed by atoms with van der Waals surface area (Å²) in [5.41, 5.74) is 1.60. The summed E-state index contributed by atoms with van der Waals surface area (Å²) < 4.78 is 1.15. The van der Waals surface area contributed by atoms with E-state index in [1.165, 1.54) is 6.92 Å². The van der Waals surface area contributed by atoms with Gasteiger partial charge in [-0.3, -0.25) is 4.79 Å². The van der Waals surface area contributed by atoms with E-state index >= 15 is 0 Å². The van der Waals surface area contributed by atoms with E-state index in [2.05, 4.69) is 39.4 Å². The Morgan fingerprint density at radius 3 is 2.58 bits per heavy atom. The first-order valence-corrected chi connectivity index (χ1v) is 9.85. The number of amides is 1. The highest BCUT2D eigenvalue weighted by Crippen LogP contribution is 2.33. The van der Waals surface area contributed by atoms with Crippen molar-refractivity contribution in [2.24, 2.45) is 10.2 Å². The average Bonchev–Trinajstić information content (AvgIpc) is 3.10. The van der Waals surface area contributed by atoms with Gasteiger partial charge in [0.25, 0.3) is 0 Å². The third kappa shape index (κ3) is 5.65. The number of azo groups is 1. The van der Waals surface area contributed by atoms with Crippen LogP contribution in [0.4, 0.5) is 22.9 Å². The number of benzene rings is 1. The van der Waals surface area contributed by atoms with Gasteiger partial charge in [0, 0.05) is 25.7 Å². The number of aromatic nitrogens is 2. The molecule has 0 aliphatic carbocycles. The zero-order valence-corrected chi connectivity index (χ0v) is 17.8. The number of carbonyl (C=O) groups excluding carboxylic acids is 1. The molecule has 0 aliphatic heterocycles. The number of hydrogen-bond donors (Lipinski definition) is 1. The molecule has 0 unspecified atom stereocenters. The van der Waals surface area contributed by atoms with E-state index in [4.69, 9.17) is 10.5 Å². The van der Waals surface area contributed by atoms with Crippen molar-refractivity contribution in [2.45, 2.75) is 40.2 Å². The summed E-state index contributed by atoms with van der Waals surface area (Å²) in [5.74, 6) is -0.249. The molecule has 0 saturated heterocycles. The molecule has 158 valence electrons. The lowest BCUT2D eigenvalue weighted by Crippen LogP contribution is -2.23. The van der Waals surface area contributed by atoms with Crippen molar-refractivity contribution in [1.82, 2.24) is 9.78 Å². The molecule has 1 N–H and O–H groups in total. The third-order valence-corrected chi connectivity index (χ3v) is 4.44. The van der Waals surface area contributed by atoms with Crippen LogP contribution in [0.25, 0.3) is 0 Å². The molecule has 10 heteroatoms. The molecule has 0 saturated carbocycles. The third-order valence-electron chi connectivity index (χ3n) is 4.44. The van der Waals surface area contributed by atoms with Crippen molar-refractivity contribution >= 4 is 28.8 Å². The van der Waals surface area contributed by atoms with Crippen molar-refractivity contribution in [1.29, 1.82) is 15.8 Å². The van der Waals surface area contributed by atoms with Gasteiger partial charge in [0.2, 0.25) is 5.91 Å². The van der Waals surface area contributed by atoms with Gasteiger partial charge in [-0.25, -0.2) is 4.68 Å². The largest absolute Gasteiger partial charge is 0.372 e. The maximum absolute atomic E-state index is 11.7. The fourth-order valence-corrected chi connectivity index (χ4v) is 2.93. The molecular formula is C21H23N9O. The average molecular weight is 417 g/mol. The molecule has 1 aromatic heterocycles. The molecule has 0 atom stereocenters. The normalized spacial score (nSPS) is 10.3. The molecule has 0 spiro atoms. The van der Waals surface area contributed by atoms with Crippen molar-refractivity contribution in [2.75, 3.05) is 23.3 Å². The second kappa shape index (κ2) is 11.1. The second-order valence-corrected chi connectivity index (χ2v) is 6.60. The van der Waals surface area contributed by atoms with E-state index in [-0.39, 0.29) is 29.5 Å². The molecular weight excluding hydrogens is 394 g/mol. The Balaban J connectivity index is 2.49. The Bertz CT molecular complexity index is 1100. The monoisotopic (exact) mass is 417 g/mol. The first kappa shape index (κ1) is 23.1. The van der Waals surface area contributed by atoms with Crippen LogP contribution in [-0.4, -0.2) is 28.8 Å². The Hall–Kier alpha value is -4.23. The number of rotatable bonds is 9. The minimum absolute atomic E-state index is 0.0107. The molecule has 2 rings (SSSR count). The van der Waals surface area contributed by atoms with E-state index < -0.39 is 0 Å². The standard InChI is InChI=1S/C21H23N9O/c1-4-6-10-29(5-2)16-7-8-18(19(12-16)25-15(3)31)26-27-21-17(13-23)20(14-24)28-30(21)11-9-22/h7-8,12H,4-6,10-11H2,1-3H3,(H,25,31). The smallest absolute Gasteiger partial charge is 0.221 e. The SMILES string of the molecule is CCCCN(CC)c1ccc(N=Nc2c(C#N)c(C#N)nn2CC#N)c(NC(C)=O)c1. The number of carbonyl (C=O) groups is 1. The number of anilines is 2. The van der Waals surface area contributed by atoms with Gasteiger partial charge in [0.15, 0.2) is 11.5 Å². The van der Waals surface area contributed by atoms with Gasteiger partial charge in [0.1, 0.15) is 29.9 Å². The number of nitrogens with zero attached hydrogens (tertiary/aromatic N) is 8. The maximum Gasteiger partial charge on any atom is 0.221 e. The fraction of sp³-hybridized carbons (Fsp3) is 0.381. The highest BCUT2D eigenvalue weighted by atomic mass is 16.1. The van der Waals surface area contributed by atoms with Crippen molar-refractivity contribution < 1.29 is 4.79 Å². The minimum Gasteiger partial charge on any atom is -0.372 e. The number of hydrogen-bond acceptors (Lipinski definition) is 8. The molecule has 1 aromatic carbocycles. The number of unbranched alkanes of at least 4 members (excludes halogenated alkanes) is 1. The molecule has 0 radical (unpaired) electrons. The topological polar surface area (TPSA) is 146 Å². The van der Waals surface area contributed by atoms with Crippen molar-refractivity contribution in [3.8, 4) is 18.2 Å². The summed E-state index contributed by atoms with van der Waals surface area (Å²) >= 11 is 0. The molecule has 31 heavy (non-hydrogen) atoms. The fourth-order valence-electron chi connectivity index (χ4n) is 2.93. The lowest BCUT2D eigenvalue weighted by Gasteiger charge is -2.24. The molecule has 0 fully saturated rings. The summed E-state index contributed by atoms with van der Waals surface area (Å²) in [6, 6.07) is 11.0. The molecule has 10 nitrogen and oxygen atoms in total. The van der Waals surface area contributed by atoms with E-state index in [9.17, 15) is 10.1 Å². The predicted molar refractivity (Wildman–Crippen MR) is 115 cm³/mol. The van der Waals surface area contributed by atoms with Crippen LogP contribution in [0, 0.1) is 34.0 Å². The number of nitrogens with one attached hydrogen (secondary N) is 1. The van der Waals surface area contributed by atoms with E-state index in [1.54, 1.807) is 6.07 Å². The Labute approximate surface area is 181 Å². The molecule has 0 aliphatic rings. The highest BCUT2D eigenvalue weighted by Gasteiger charge is 2.18. The van der Waals surface area contributed by atoms with Gasteiger partial charge < -0.3 is 10.2 Å². The quantitative estimate of drug-likeness (QED) is 0.606. The Morgan fingerprint density at radius 1 is 1.23 bits per heavy atom.